The molecule has 39 heavy (non-hydrogen) atoms. The number of hydrogen-bond acceptors (Lipinski definition) is 5. The fourth-order valence-electron chi connectivity index (χ4n) is 5.10. The molecule has 0 radical (unpaired) electrons. The molecule has 2 heterocycles. The number of halogens is 1. The van der Waals surface area contributed by atoms with Crippen molar-refractivity contribution in [2.45, 2.75) is 64.1 Å². The molecule has 5 rings (SSSR count). The number of pyridine rings is 1. The third-order valence-electron chi connectivity index (χ3n) is 6.86. The summed E-state index contributed by atoms with van der Waals surface area (Å²) >= 11 is 0. The quantitative estimate of drug-likeness (QED) is 0.383. The van der Waals surface area contributed by atoms with Crippen molar-refractivity contribution in [1.29, 1.82) is 0 Å². The summed E-state index contributed by atoms with van der Waals surface area (Å²) in [4.78, 5) is 43.8. The van der Waals surface area contributed by atoms with Crippen LogP contribution in [0.5, 0.6) is 0 Å². The molecule has 1 fully saturated rings. The van der Waals surface area contributed by atoms with Crippen LogP contribution in [0.4, 0.5) is 9.18 Å². The predicted octanol–water partition coefficient (Wildman–Crippen LogP) is 5.36. The Balaban J connectivity index is 1.53. The topological polar surface area (TPSA) is 95.2 Å². The standard InChI is InChI=1S/C30H31FN4O4/c1-30(2,3)33-28(37)39-24-14-12-22(13-15-24)35-27(36)25-17-21(31)18-32-26(25)34(29(35)38)23-11-7-10-20(16-23)19-8-5-4-6-9-19/h4-11,16-18,22,24H,12-15H2,1-3H3,(H,33,37). The summed E-state index contributed by atoms with van der Waals surface area (Å²) in [5.41, 5.74) is 0.952. The summed E-state index contributed by atoms with van der Waals surface area (Å²) in [5, 5.41) is 2.81. The number of rotatable bonds is 4. The van der Waals surface area contributed by atoms with Gasteiger partial charge in [0, 0.05) is 11.6 Å². The van der Waals surface area contributed by atoms with Crippen LogP contribution in [0.3, 0.4) is 0 Å². The highest BCUT2D eigenvalue weighted by Gasteiger charge is 2.29. The third kappa shape index (κ3) is 5.62. The zero-order valence-electron chi connectivity index (χ0n) is 22.2. The van der Waals surface area contributed by atoms with E-state index in [2.05, 4.69) is 10.3 Å². The third-order valence-corrected chi connectivity index (χ3v) is 6.86. The number of hydrogen-bond donors (Lipinski definition) is 1. The first-order chi connectivity index (χ1) is 18.6. The van der Waals surface area contributed by atoms with Gasteiger partial charge in [-0.1, -0.05) is 42.5 Å². The van der Waals surface area contributed by atoms with Gasteiger partial charge in [0.2, 0.25) is 0 Å². The zero-order valence-corrected chi connectivity index (χ0v) is 22.2. The van der Waals surface area contributed by atoms with Crippen LogP contribution in [0.1, 0.15) is 52.5 Å². The number of nitrogens with zero attached hydrogens (tertiary/aromatic N) is 3. The SMILES string of the molecule is CC(C)(C)NC(=O)OC1CCC(n2c(=O)c3cc(F)cnc3n(-c3cccc(-c4ccccc4)c3)c2=O)CC1. The Bertz CT molecular complexity index is 1630. The second-order valence-electron chi connectivity index (χ2n) is 10.9. The van der Waals surface area contributed by atoms with Crippen molar-refractivity contribution in [1.82, 2.24) is 19.4 Å². The Morgan fingerprint density at radius 1 is 0.974 bits per heavy atom. The Morgan fingerprint density at radius 3 is 2.36 bits per heavy atom. The Labute approximate surface area is 225 Å². The summed E-state index contributed by atoms with van der Waals surface area (Å²) in [6, 6.07) is 17.8. The Kier molecular flexibility index (Phi) is 7.08. The normalized spacial score (nSPS) is 17.6. The molecular formula is C30H31FN4O4. The first-order valence-corrected chi connectivity index (χ1v) is 13.1. The lowest BCUT2D eigenvalue weighted by atomic mass is 9.92. The molecule has 0 saturated heterocycles. The van der Waals surface area contributed by atoms with Gasteiger partial charge in [-0.2, -0.15) is 0 Å². The lowest BCUT2D eigenvalue weighted by Gasteiger charge is -2.30. The second-order valence-corrected chi connectivity index (χ2v) is 10.9. The van der Waals surface area contributed by atoms with E-state index < -0.39 is 34.7 Å². The van der Waals surface area contributed by atoms with Crippen molar-refractivity contribution in [3.8, 4) is 16.8 Å². The molecule has 1 saturated carbocycles. The van der Waals surface area contributed by atoms with Gasteiger partial charge in [-0.05, 0) is 75.8 Å². The molecule has 202 valence electrons. The fraction of sp³-hybridized carbons (Fsp3) is 0.333. The van der Waals surface area contributed by atoms with Crippen LogP contribution in [-0.2, 0) is 4.74 Å². The van der Waals surface area contributed by atoms with E-state index in [1.54, 1.807) is 6.07 Å². The number of nitrogens with one attached hydrogen (secondary N) is 1. The minimum atomic E-state index is -0.656. The van der Waals surface area contributed by atoms with Gasteiger partial charge in [0.15, 0.2) is 5.65 Å². The van der Waals surface area contributed by atoms with Gasteiger partial charge in [-0.3, -0.25) is 9.36 Å². The van der Waals surface area contributed by atoms with Gasteiger partial charge < -0.3 is 10.1 Å². The minimum absolute atomic E-state index is 0.0302. The molecule has 9 heteroatoms. The number of fused-ring (bicyclic) bond motifs is 1. The molecule has 1 aliphatic carbocycles. The number of benzene rings is 2. The van der Waals surface area contributed by atoms with Crippen LogP contribution < -0.4 is 16.6 Å². The van der Waals surface area contributed by atoms with Gasteiger partial charge in [0.25, 0.3) is 5.56 Å². The van der Waals surface area contributed by atoms with Gasteiger partial charge in [0.1, 0.15) is 11.9 Å². The van der Waals surface area contributed by atoms with Gasteiger partial charge in [-0.15, -0.1) is 0 Å². The Hall–Kier alpha value is -4.27. The van der Waals surface area contributed by atoms with E-state index in [-0.39, 0.29) is 17.1 Å². The lowest BCUT2D eigenvalue weighted by molar-refractivity contribution is 0.0602. The first kappa shape index (κ1) is 26.3. The molecule has 0 spiro atoms. The van der Waals surface area contributed by atoms with Crippen LogP contribution in [0.25, 0.3) is 27.8 Å². The van der Waals surface area contributed by atoms with Crippen LogP contribution in [0.2, 0.25) is 0 Å². The van der Waals surface area contributed by atoms with E-state index in [1.807, 2.05) is 69.3 Å². The van der Waals surface area contributed by atoms with E-state index >= 15 is 0 Å². The summed E-state index contributed by atoms with van der Waals surface area (Å²) < 4.78 is 22.4. The molecule has 2 aromatic carbocycles. The number of carbonyl (C=O) groups is 1. The smallest absolute Gasteiger partial charge is 0.407 e. The van der Waals surface area contributed by atoms with Crippen molar-refractivity contribution >= 4 is 17.1 Å². The fourth-order valence-corrected chi connectivity index (χ4v) is 5.10. The van der Waals surface area contributed by atoms with Crippen LogP contribution in [0, 0.1) is 5.82 Å². The molecule has 1 aliphatic rings. The molecule has 1 N–H and O–H groups in total. The molecule has 2 aromatic heterocycles. The first-order valence-electron chi connectivity index (χ1n) is 13.1. The number of alkyl carbamates (subject to hydrolysis) is 1. The largest absolute Gasteiger partial charge is 0.446 e. The number of amides is 1. The molecule has 8 nitrogen and oxygen atoms in total. The van der Waals surface area contributed by atoms with Crippen LogP contribution in [-0.4, -0.2) is 31.9 Å². The van der Waals surface area contributed by atoms with Crippen molar-refractivity contribution in [3.05, 3.63) is 93.5 Å². The van der Waals surface area contributed by atoms with E-state index in [9.17, 15) is 18.8 Å². The lowest BCUT2D eigenvalue weighted by Crippen LogP contribution is -2.45. The summed E-state index contributed by atoms with van der Waals surface area (Å²) in [5.74, 6) is -0.656. The molecule has 0 bridgehead atoms. The van der Waals surface area contributed by atoms with Crippen molar-refractivity contribution in [2.75, 3.05) is 0 Å². The molecule has 1 amide bonds. The second kappa shape index (κ2) is 10.5. The minimum Gasteiger partial charge on any atom is -0.446 e. The van der Waals surface area contributed by atoms with E-state index in [0.29, 0.717) is 31.4 Å². The van der Waals surface area contributed by atoms with Crippen molar-refractivity contribution in [3.63, 3.8) is 0 Å². The van der Waals surface area contributed by atoms with Crippen LogP contribution >= 0.6 is 0 Å². The summed E-state index contributed by atoms with van der Waals surface area (Å²) in [6.07, 6.45) is 2.11. The van der Waals surface area contributed by atoms with E-state index in [1.165, 1.54) is 9.13 Å². The monoisotopic (exact) mass is 530 g/mol. The highest BCUT2D eigenvalue weighted by molar-refractivity contribution is 5.76. The van der Waals surface area contributed by atoms with Gasteiger partial charge >= 0.3 is 11.8 Å². The molecular weight excluding hydrogens is 499 g/mol. The number of carbonyl (C=O) groups excluding carboxylic acids is 1. The molecule has 0 unspecified atom stereocenters. The van der Waals surface area contributed by atoms with Crippen molar-refractivity contribution < 1.29 is 13.9 Å². The predicted molar refractivity (Wildman–Crippen MR) is 148 cm³/mol. The average molecular weight is 531 g/mol. The molecule has 4 aromatic rings. The van der Waals surface area contributed by atoms with E-state index in [4.69, 9.17) is 4.74 Å². The highest BCUT2D eigenvalue weighted by Crippen LogP contribution is 2.29. The number of aromatic nitrogens is 3. The molecule has 0 atom stereocenters. The van der Waals surface area contributed by atoms with Crippen molar-refractivity contribution in [2.24, 2.45) is 0 Å². The maximum atomic E-state index is 14.2. The average Bonchev–Trinajstić information content (AvgIpc) is 2.90. The Morgan fingerprint density at radius 2 is 1.67 bits per heavy atom. The maximum Gasteiger partial charge on any atom is 0.407 e. The van der Waals surface area contributed by atoms with Gasteiger partial charge in [-0.25, -0.2) is 23.5 Å². The maximum absolute atomic E-state index is 14.2. The van der Waals surface area contributed by atoms with Crippen LogP contribution in [0.15, 0.2) is 76.4 Å². The number of ether oxygens (including phenoxy) is 1. The zero-order chi connectivity index (χ0) is 27.7. The highest BCUT2D eigenvalue weighted by atomic mass is 19.1. The summed E-state index contributed by atoms with van der Waals surface area (Å²) in [6.45, 7) is 5.61. The summed E-state index contributed by atoms with van der Waals surface area (Å²) in [7, 11) is 0. The van der Waals surface area contributed by atoms with Gasteiger partial charge in [0.05, 0.1) is 17.3 Å². The molecule has 0 aliphatic heterocycles. The van der Waals surface area contributed by atoms with E-state index in [0.717, 1.165) is 23.4 Å².